The molecule has 4 nitrogen and oxygen atoms in total. The molecule has 1 aliphatic rings. The van der Waals surface area contributed by atoms with Gasteiger partial charge in [0.15, 0.2) is 0 Å². The highest BCUT2D eigenvalue weighted by molar-refractivity contribution is 5.97. The fraction of sp³-hybridized carbons (Fsp3) is 0.462. The Labute approximate surface area is 100 Å². The Morgan fingerprint density at radius 2 is 1.94 bits per heavy atom. The Bertz CT molecular complexity index is 436. The van der Waals surface area contributed by atoms with E-state index in [0.717, 1.165) is 25.7 Å². The maximum atomic E-state index is 12.0. The maximum absolute atomic E-state index is 12.0. The second-order valence-electron chi connectivity index (χ2n) is 4.92. The van der Waals surface area contributed by atoms with Gasteiger partial charge in [-0.2, -0.15) is 0 Å². The van der Waals surface area contributed by atoms with Crippen LogP contribution < -0.4 is 5.32 Å². The average Bonchev–Trinajstić information content (AvgIpc) is 2.68. The van der Waals surface area contributed by atoms with Gasteiger partial charge in [0.25, 0.3) is 5.91 Å². The van der Waals surface area contributed by atoms with Gasteiger partial charge in [-0.1, -0.05) is 12.8 Å². The summed E-state index contributed by atoms with van der Waals surface area (Å²) in [5, 5.41) is 21.8. The fourth-order valence-corrected chi connectivity index (χ4v) is 2.33. The number of rotatable bonds is 2. The lowest BCUT2D eigenvalue weighted by molar-refractivity contribution is 0.0905. The Balaban J connectivity index is 2.17. The summed E-state index contributed by atoms with van der Waals surface area (Å²) in [6, 6.07) is 3.95. The Morgan fingerprint density at radius 1 is 1.29 bits per heavy atom. The molecule has 0 bridgehead atoms. The largest absolute Gasteiger partial charge is 0.508 e. The quantitative estimate of drug-likeness (QED) is 0.688. The van der Waals surface area contributed by atoms with Gasteiger partial charge in [0, 0.05) is 5.54 Å². The van der Waals surface area contributed by atoms with E-state index < -0.39 is 0 Å². The zero-order chi connectivity index (χ0) is 12.5. The van der Waals surface area contributed by atoms with Crippen LogP contribution in [-0.2, 0) is 0 Å². The third-order valence-corrected chi connectivity index (χ3v) is 3.35. The van der Waals surface area contributed by atoms with Crippen LogP contribution in [0.5, 0.6) is 11.5 Å². The number of phenolic OH excluding ortho intramolecular Hbond substituents is 2. The number of carbonyl (C=O) groups excluding carboxylic acids is 1. The molecule has 0 heterocycles. The number of phenols is 2. The third kappa shape index (κ3) is 2.52. The van der Waals surface area contributed by atoms with Crippen LogP contribution in [0.3, 0.4) is 0 Å². The molecule has 1 saturated carbocycles. The molecule has 1 aromatic rings. The first-order valence-electron chi connectivity index (χ1n) is 5.85. The van der Waals surface area contributed by atoms with Gasteiger partial charge in [0.2, 0.25) is 0 Å². The van der Waals surface area contributed by atoms with E-state index in [9.17, 15) is 15.0 Å². The first kappa shape index (κ1) is 11.8. The van der Waals surface area contributed by atoms with Crippen LogP contribution in [0, 0.1) is 0 Å². The lowest BCUT2D eigenvalue weighted by Crippen LogP contribution is -2.43. The molecule has 1 amide bonds. The number of nitrogens with one attached hydrogen (secondary N) is 1. The molecule has 92 valence electrons. The number of hydrogen-bond acceptors (Lipinski definition) is 3. The summed E-state index contributed by atoms with van der Waals surface area (Å²) in [7, 11) is 0. The molecule has 0 spiro atoms. The molecule has 1 fully saturated rings. The summed E-state index contributed by atoms with van der Waals surface area (Å²) in [6.07, 6.45) is 4.14. The van der Waals surface area contributed by atoms with E-state index in [4.69, 9.17) is 0 Å². The van der Waals surface area contributed by atoms with Gasteiger partial charge in [-0.25, -0.2) is 0 Å². The standard InChI is InChI=1S/C13H17NO3/c1-13(6-2-3-7-13)14-12(17)10-8-9(15)4-5-11(10)16/h4-5,8,15-16H,2-3,6-7H2,1H3,(H,14,17). The predicted octanol–water partition coefficient (Wildman–Crippen LogP) is 2.16. The highest BCUT2D eigenvalue weighted by Gasteiger charge is 2.31. The predicted molar refractivity (Wildman–Crippen MR) is 64.1 cm³/mol. The van der Waals surface area contributed by atoms with Crippen LogP contribution in [0.25, 0.3) is 0 Å². The molecule has 0 radical (unpaired) electrons. The van der Waals surface area contributed by atoms with Gasteiger partial charge >= 0.3 is 0 Å². The molecule has 17 heavy (non-hydrogen) atoms. The first-order chi connectivity index (χ1) is 8.00. The normalized spacial score (nSPS) is 17.9. The number of amides is 1. The molecular formula is C13H17NO3. The molecule has 0 atom stereocenters. The number of aromatic hydroxyl groups is 2. The minimum atomic E-state index is -0.331. The second kappa shape index (κ2) is 4.28. The van der Waals surface area contributed by atoms with E-state index in [0.29, 0.717) is 0 Å². The molecule has 3 N–H and O–H groups in total. The first-order valence-corrected chi connectivity index (χ1v) is 5.85. The highest BCUT2D eigenvalue weighted by Crippen LogP contribution is 2.30. The van der Waals surface area contributed by atoms with Crippen molar-refractivity contribution in [2.24, 2.45) is 0 Å². The highest BCUT2D eigenvalue weighted by atomic mass is 16.3. The summed E-state index contributed by atoms with van der Waals surface area (Å²) in [5.41, 5.74) is -0.0623. The molecule has 1 aromatic carbocycles. The van der Waals surface area contributed by atoms with Crippen molar-refractivity contribution in [3.05, 3.63) is 23.8 Å². The van der Waals surface area contributed by atoms with Crippen LogP contribution in [-0.4, -0.2) is 21.7 Å². The maximum Gasteiger partial charge on any atom is 0.255 e. The van der Waals surface area contributed by atoms with Crippen LogP contribution >= 0.6 is 0 Å². The van der Waals surface area contributed by atoms with Crippen molar-refractivity contribution >= 4 is 5.91 Å². The molecule has 1 aliphatic carbocycles. The van der Waals surface area contributed by atoms with Gasteiger partial charge in [-0.3, -0.25) is 4.79 Å². The van der Waals surface area contributed by atoms with Crippen LogP contribution in [0.2, 0.25) is 0 Å². The van der Waals surface area contributed by atoms with Gasteiger partial charge < -0.3 is 15.5 Å². The van der Waals surface area contributed by atoms with Crippen molar-refractivity contribution < 1.29 is 15.0 Å². The smallest absolute Gasteiger partial charge is 0.255 e. The lowest BCUT2D eigenvalue weighted by Gasteiger charge is -2.25. The van der Waals surface area contributed by atoms with Crippen LogP contribution in [0.1, 0.15) is 43.0 Å². The molecular weight excluding hydrogens is 218 g/mol. The number of hydrogen-bond donors (Lipinski definition) is 3. The number of benzene rings is 1. The van der Waals surface area contributed by atoms with Gasteiger partial charge in [0.1, 0.15) is 11.5 Å². The fourth-order valence-electron chi connectivity index (χ4n) is 2.33. The minimum Gasteiger partial charge on any atom is -0.508 e. The Morgan fingerprint density at radius 3 is 2.59 bits per heavy atom. The summed E-state index contributed by atoms with van der Waals surface area (Å²) < 4.78 is 0. The average molecular weight is 235 g/mol. The monoisotopic (exact) mass is 235 g/mol. The molecule has 0 aliphatic heterocycles. The summed E-state index contributed by atoms with van der Waals surface area (Å²) >= 11 is 0. The summed E-state index contributed by atoms with van der Waals surface area (Å²) in [4.78, 5) is 12.0. The topological polar surface area (TPSA) is 69.6 Å². The minimum absolute atomic E-state index is 0.0236. The van der Waals surface area contributed by atoms with Gasteiger partial charge in [0.05, 0.1) is 5.56 Å². The second-order valence-corrected chi connectivity index (χ2v) is 4.92. The van der Waals surface area contributed by atoms with Crippen LogP contribution in [0.15, 0.2) is 18.2 Å². The van der Waals surface area contributed by atoms with E-state index in [2.05, 4.69) is 5.32 Å². The Hall–Kier alpha value is -1.71. The van der Waals surface area contributed by atoms with Crippen molar-refractivity contribution in [2.45, 2.75) is 38.1 Å². The zero-order valence-corrected chi connectivity index (χ0v) is 9.86. The zero-order valence-electron chi connectivity index (χ0n) is 9.86. The van der Waals surface area contributed by atoms with E-state index in [1.54, 1.807) is 0 Å². The SMILES string of the molecule is CC1(NC(=O)c2cc(O)ccc2O)CCCC1. The lowest BCUT2D eigenvalue weighted by atomic mass is 10.00. The van der Waals surface area contributed by atoms with Crippen molar-refractivity contribution in [1.29, 1.82) is 0 Å². The van der Waals surface area contributed by atoms with Crippen molar-refractivity contribution in [1.82, 2.24) is 5.32 Å². The Kier molecular flexibility index (Phi) is 2.96. The molecule has 0 unspecified atom stereocenters. The van der Waals surface area contributed by atoms with E-state index in [-0.39, 0.29) is 28.5 Å². The van der Waals surface area contributed by atoms with Gasteiger partial charge in [-0.15, -0.1) is 0 Å². The molecule has 0 saturated heterocycles. The summed E-state index contributed by atoms with van der Waals surface area (Å²) in [6.45, 7) is 2.01. The van der Waals surface area contributed by atoms with E-state index >= 15 is 0 Å². The van der Waals surface area contributed by atoms with Crippen molar-refractivity contribution in [2.75, 3.05) is 0 Å². The van der Waals surface area contributed by atoms with E-state index in [1.165, 1.54) is 18.2 Å². The van der Waals surface area contributed by atoms with Gasteiger partial charge in [-0.05, 0) is 38.0 Å². The molecule has 2 rings (SSSR count). The van der Waals surface area contributed by atoms with Crippen LogP contribution in [0.4, 0.5) is 0 Å². The van der Waals surface area contributed by atoms with Crippen molar-refractivity contribution in [3.8, 4) is 11.5 Å². The summed E-state index contributed by atoms with van der Waals surface area (Å²) in [5.74, 6) is -0.464. The molecule has 0 aromatic heterocycles. The van der Waals surface area contributed by atoms with E-state index in [1.807, 2.05) is 6.92 Å². The number of carbonyl (C=O) groups is 1. The van der Waals surface area contributed by atoms with Crippen molar-refractivity contribution in [3.63, 3.8) is 0 Å². The molecule has 4 heteroatoms. The third-order valence-electron chi connectivity index (χ3n) is 3.35.